The number of nitrogens with zero attached hydrogens (tertiary/aromatic N) is 1. The Morgan fingerprint density at radius 2 is 2.40 bits per heavy atom. The van der Waals surface area contributed by atoms with Crippen LogP contribution < -0.4 is 10.2 Å². The third-order valence-corrected chi connectivity index (χ3v) is 3.68. The van der Waals surface area contributed by atoms with Gasteiger partial charge in [0.15, 0.2) is 0 Å². The van der Waals surface area contributed by atoms with Gasteiger partial charge in [-0.3, -0.25) is 10.2 Å². The lowest BCUT2D eigenvalue weighted by atomic mass is 10.1. The van der Waals surface area contributed by atoms with Crippen LogP contribution >= 0.6 is 0 Å². The largest absolute Gasteiger partial charge is 0.452 e. The summed E-state index contributed by atoms with van der Waals surface area (Å²) in [6.07, 6.45) is 7.06. The highest BCUT2D eigenvalue weighted by atomic mass is 16.5. The number of aryl methyl sites for hydroxylation is 1. The maximum Gasteiger partial charge on any atom is 0.413 e. The Hall–Kier alpha value is -1.99. The molecule has 0 saturated carbocycles. The van der Waals surface area contributed by atoms with Gasteiger partial charge in [-0.15, -0.1) is 6.42 Å². The minimum Gasteiger partial charge on any atom is -0.452 e. The quantitative estimate of drug-likeness (QED) is 0.856. The molecule has 20 heavy (non-hydrogen) atoms. The maximum absolute atomic E-state index is 11.8. The number of anilines is 1. The van der Waals surface area contributed by atoms with Gasteiger partial charge in [0.2, 0.25) is 0 Å². The summed E-state index contributed by atoms with van der Waals surface area (Å²) in [5.41, 5.74) is 3.43. The van der Waals surface area contributed by atoms with Crippen LogP contribution in [0.3, 0.4) is 0 Å². The molecule has 0 unspecified atom stereocenters. The highest BCUT2D eigenvalue weighted by molar-refractivity contribution is 5.87. The van der Waals surface area contributed by atoms with E-state index in [0.29, 0.717) is 13.1 Å². The van der Waals surface area contributed by atoms with Crippen molar-refractivity contribution in [2.75, 3.05) is 25.1 Å². The van der Waals surface area contributed by atoms with Crippen LogP contribution in [0.5, 0.6) is 0 Å². The number of methoxy groups -OCH3 is 1. The van der Waals surface area contributed by atoms with Gasteiger partial charge in [0.25, 0.3) is 0 Å². The number of benzene rings is 1. The van der Waals surface area contributed by atoms with Crippen LogP contribution in [0, 0.1) is 12.3 Å². The van der Waals surface area contributed by atoms with E-state index in [4.69, 9.17) is 11.2 Å². The molecule has 4 heteroatoms. The predicted molar refractivity (Wildman–Crippen MR) is 79.8 cm³/mol. The smallest absolute Gasteiger partial charge is 0.413 e. The molecule has 0 heterocycles. The summed E-state index contributed by atoms with van der Waals surface area (Å²) < 4.78 is 4.81. The molecular weight excluding hydrogens is 252 g/mol. The van der Waals surface area contributed by atoms with Crippen LogP contribution in [0.2, 0.25) is 0 Å². The predicted octanol–water partition coefficient (Wildman–Crippen LogP) is 2.49. The molecular formula is C16H20N2O2. The number of carbonyl (C=O) groups is 1. The lowest BCUT2D eigenvalue weighted by molar-refractivity contribution is 0.179. The number of rotatable bonds is 4. The summed E-state index contributed by atoms with van der Waals surface area (Å²) in [5, 5.41) is 3.34. The molecule has 106 valence electrons. The van der Waals surface area contributed by atoms with Crippen molar-refractivity contribution < 1.29 is 9.53 Å². The number of ether oxygens (including phenoxy) is 1. The van der Waals surface area contributed by atoms with Crippen molar-refractivity contribution >= 4 is 11.8 Å². The third-order valence-electron chi connectivity index (χ3n) is 3.68. The molecule has 1 N–H and O–H groups in total. The summed E-state index contributed by atoms with van der Waals surface area (Å²) in [5.74, 6) is 2.61. The highest BCUT2D eigenvalue weighted by Gasteiger charge is 2.24. The molecule has 1 aromatic rings. The summed E-state index contributed by atoms with van der Waals surface area (Å²) in [4.78, 5) is 13.4. The van der Waals surface area contributed by atoms with Crippen molar-refractivity contribution in [1.82, 2.24) is 5.32 Å². The van der Waals surface area contributed by atoms with Crippen LogP contribution in [-0.4, -0.2) is 26.3 Å². The van der Waals surface area contributed by atoms with Gasteiger partial charge in [-0.1, -0.05) is 12.0 Å². The average molecular weight is 272 g/mol. The number of terminal acetylenes is 1. The first-order valence-electron chi connectivity index (χ1n) is 6.86. The monoisotopic (exact) mass is 272 g/mol. The molecule has 0 bridgehead atoms. The van der Waals surface area contributed by atoms with Gasteiger partial charge in [-0.05, 0) is 43.0 Å². The fourth-order valence-electron chi connectivity index (χ4n) is 2.68. The fourth-order valence-corrected chi connectivity index (χ4v) is 2.68. The van der Waals surface area contributed by atoms with E-state index < -0.39 is 0 Å². The van der Waals surface area contributed by atoms with E-state index in [1.165, 1.54) is 18.2 Å². The van der Waals surface area contributed by atoms with E-state index in [0.717, 1.165) is 18.5 Å². The van der Waals surface area contributed by atoms with E-state index in [2.05, 4.69) is 23.4 Å². The lowest BCUT2D eigenvalue weighted by Crippen LogP contribution is -2.30. The van der Waals surface area contributed by atoms with Crippen molar-refractivity contribution in [1.29, 1.82) is 0 Å². The van der Waals surface area contributed by atoms with Crippen LogP contribution in [-0.2, 0) is 11.2 Å². The normalized spacial score (nSPS) is 16.4. The van der Waals surface area contributed by atoms with E-state index in [9.17, 15) is 4.79 Å². The summed E-state index contributed by atoms with van der Waals surface area (Å²) in [6, 6.07) is 6.41. The Kier molecular flexibility index (Phi) is 4.65. The van der Waals surface area contributed by atoms with Crippen LogP contribution in [0.15, 0.2) is 18.2 Å². The van der Waals surface area contributed by atoms with Crippen molar-refractivity contribution in [2.45, 2.75) is 25.8 Å². The number of hydrogen-bond donors (Lipinski definition) is 1. The van der Waals surface area contributed by atoms with Crippen molar-refractivity contribution in [3.8, 4) is 12.3 Å². The second-order valence-corrected chi connectivity index (χ2v) is 4.77. The van der Waals surface area contributed by atoms with Gasteiger partial charge in [0.05, 0.1) is 13.7 Å². The molecule has 1 aliphatic rings. The second kappa shape index (κ2) is 6.44. The molecule has 2 rings (SSSR count). The molecule has 0 radical (unpaired) electrons. The zero-order valence-corrected chi connectivity index (χ0v) is 12.0. The van der Waals surface area contributed by atoms with Gasteiger partial charge in [-0.2, -0.15) is 0 Å². The minimum atomic E-state index is -0.335. The summed E-state index contributed by atoms with van der Waals surface area (Å²) >= 11 is 0. The Balaban J connectivity index is 2.26. The highest BCUT2D eigenvalue weighted by Crippen LogP contribution is 2.34. The maximum atomic E-state index is 11.8. The zero-order valence-electron chi connectivity index (χ0n) is 12.0. The molecule has 0 fully saturated rings. The summed E-state index contributed by atoms with van der Waals surface area (Å²) in [6.45, 7) is 3.06. The molecule has 1 aromatic carbocycles. The number of amides is 1. The Morgan fingerprint density at radius 3 is 3.05 bits per heavy atom. The number of carbonyl (C=O) groups excluding carboxylic acids is 1. The Labute approximate surface area is 120 Å². The zero-order chi connectivity index (χ0) is 14.5. The fraction of sp³-hybridized carbons (Fsp3) is 0.438. The van der Waals surface area contributed by atoms with E-state index in [-0.39, 0.29) is 12.1 Å². The van der Waals surface area contributed by atoms with Gasteiger partial charge >= 0.3 is 6.09 Å². The molecule has 4 nitrogen and oxygen atoms in total. The van der Waals surface area contributed by atoms with Crippen LogP contribution in [0.1, 0.15) is 30.5 Å². The Morgan fingerprint density at radius 1 is 1.60 bits per heavy atom. The van der Waals surface area contributed by atoms with Gasteiger partial charge in [0.1, 0.15) is 0 Å². The molecule has 0 saturated heterocycles. The van der Waals surface area contributed by atoms with E-state index in [1.807, 2.05) is 13.0 Å². The number of fused-ring (bicyclic) bond motifs is 1. The molecule has 1 aliphatic carbocycles. The SMILES string of the molecule is C#CCN[C@@H]1CCc2ccc(N(CC)C(=O)OC)cc21. The van der Waals surface area contributed by atoms with Crippen LogP contribution in [0.4, 0.5) is 10.5 Å². The van der Waals surface area contributed by atoms with Gasteiger partial charge in [0, 0.05) is 18.3 Å². The van der Waals surface area contributed by atoms with Gasteiger partial charge < -0.3 is 4.74 Å². The van der Waals surface area contributed by atoms with Crippen molar-refractivity contribution in [3.63, 3.8) is 0 Å². The van der Waals surface area contributed by atoms with E-state index in [1.54, 1.807) is 4.90 Å². The van der Waals surface area contributed by atoms with Crippen LogP contribution in [0.25, 0.3) is 0 Å². The summed E-state index contributed by atoms with van der Waals surface area (Å²) in [7, 11) is 1.40. The first kappa shape index (κ1) is 14.4. The topological polar surface area (TPSA) is 41.6 Å². The molecule has 0 spiro atoms. The average Bonchev–Trinajstić information content (AvgIpc) is 2.88. The van der Waals surface area contributed by atoms with Crippen molar-refractivity contribution in [2.24, 2.45) is 0 Å². The minimum absolute atomic E-state index is 0.275. The molecule has 1 amide bonds. The second-order valence-electron chi connectivity index (χ2n) is 4.77. The molecule has 0 aromatic heterocycles. The number of nitrogens with one attached hydrogen (secondary N) is 1. The molecule has 0 aliphatic heterocycles. The lowest BCUT2D eigenvalue weighted by Gasteiger charge is -2.21. The Bertz CT molecular complexity index is 534. The first-order chi connectivity index (χ1) is 9.71. The number of hydrogen-bond acceptors (Lipinski definition) is 3. The third kappa shape index (κ3) is 2.78. The standard InChI is InChI=1S/C16H20N2O2/c1-4-10-17-15-9-7-12-6-8-13(11-14(12)15)18(5-2)16(19)20-3/h1,6,8,11,15,17H,5,7,9-10H2,2-3H3/t15-/m1/s1. The van der Waals surface area contributed by atoms with Crippen molar-refractivity contribution in [3.05, 3.63) is 29.3 Å². The molecule has 1 atom stereocenters. The van der Waals surface area contributed by atoms with Gasteiger partial charge in [-0.25, -0.2) is 4.79 Å². The van der Waals surface area contributed by atoms with E-state index >= 15 is 0 Å². The first-order valence-corrected chi connectivity index (χ1v) is 6.86.